The third-order valence-corrected chi connectivity index (χ3v) is 5.60. The van der Waals surface area contributed by atoms with E-state index >= 15 is 0 Å². The van der Waals surface area contributed by atoms with Gasteiger partial charge in [0, 0.05) is 63.5 Å². The molecular formula is C25H34Cl3N6NiO. The van der Waals surface area contributed by atoms with Crippen molar-refractivity contribution in [1.29, 1.82) is 0 Å². The Labute approximate surface area is 243 Å². The van der Waals surface area contributed by atoms with Crippen molar-refractivity contribution in [1.82, 2.24) is 30.9 Å². The minimum atomic E-state index is 0. The van der Waals surface area contributed by atoms with Crippen LogP contribution in [0.25, 0.3) is 0 Å². The van der Waals surface area contributed by atoms with Crippen LogP contribution in [0.1, 0.15) is 36.3 Å². The quantitative estimate of drug-likeness (QED) is 0.182. The number of nitrogens with one attached hydrogen (secondary N) is 3. The number of halogens is 3. The predicted octanol–water partition coefficient (Wildman–Crippen LogP) is -6.55. The van der Waals surface area contributed by atoms with Gasteiger partial charge >= 0.3 is 16.5 Å². The second kappa shape index (κ2) is 21.7. The Kier molecular flexibility index (Phi) is 22.2. The van der Waals surface area contributed by atoms with Gasteiger partial charge < -0.3 is 58.3 Å². The van der Waals surface area contributed by atoms with Crippen LogP contribution in [0, 0.1) is 0 Å². The molecule has 0 aromatic carbocycles. The van der Waals surface area contributed by atoms with Crippen LogP contribution >= 0.6 is 0 Å². The smallest absolute Gasteiger partial charge is 1.00 e. The number of hydrogen-bond acceptors (Lipinski definition) is 7. The van der Waals surface area contributed by atoms with Gasteiger partial charge in [-0.15, -0.1) is 0 Å². The molecule has 1 aliphatic carbocycles. The van der Waals surface area contributed by atoms with Gasteiger partial charge in [0.2, 0.25) is 0 Å². The molecule has 1 fully saturated rings. The fourth-order valence-electron chi connectivity index (χ4n) is 4.07. The molecule has 0 spiro atoms. The fraction of sp³-hybridized carbons (Fsp3) is 0.400. The summed E-state index contributed by atoms with van der Waals surface area (Å²) in [5.41, 5.74) is 3.25. The summed E-state index contributed by atoms with van der Waals surface area (Å²) < 4.78 is 0. The van der Waals surface area contributed by atoms with Gasteiger partial charge in [0.15, 0.2) is 0 Å². The van der Waals surface area contributed by atoms with Crippen LogP contribution in [-0.2, 0) is 36.1 Å². The number of aliphatic hydroxyl groups excluding tert-OH is 1. The van der Waals surface area contributed by atoms with E-state index in [1.807, 2.05) is 55.0 Å². The van der Waals surface area contributed by atoms with Crippen molar-refractivity contribution in [3.63, 3.8) is 0 Å². The van der Waals surface area contributed by atoms with Crippen LogP contribution in [-0.4, -0.2) is 45.3 Å². The topological polar surface area (TPSA) is 95.0 Å². The van der Waals surface area contributed by atoms with Gasteiger partial charge in [0.1, 0.15) is 0 Å². The van der Waals surface area contributed by atoms with Crippen molar-refractivity contribution in [3.8, 4) is 0 Å². The molecule has 0 unspecified atom stereocenters. The molecule has 201 valence electrons. The maximum absolute atomic E-state index is 7.00. The molecule has 3 heterocycles. The van der Waals surface area contributed by atoms with E-state index in [4.69, 9.17) is 5.11 Å². The van der Waals surface area contributed by atoms with E-state index in [0.29, 0.717) is 18.1 Å². The average Bonchev–Trinajstić information content (AvgIpc) is 2.88. The Bertz CT molecular complexity index is 763. The second-order valence-corrected chi connectivity index (χ2v) is 7.90. The van der Waals surface area contributed by atoms with E-state index < -0.39 is 0 Å². The Morgan fingerprint density at radius 1 is 0.583 bits per heavy atom. The molecule has 1 aliphatic rings. The summed E-state index contributed by atoms with van der Waals surface area (Å²) >= 11 is 0. The van der Waals surface area contributed by atoms with Crippen LogP contribution in [0.2, 0.25) is 0 Å². The first-order valence-electron chi connectivity index (χ1n) is 11.2. The van der Waals surface area contributed by atoms with Gasteiger partial charge in [0.25, 0.3) is 0 Å². The largest absolute Gasteiger partial charge is 3.00 e. The fourth-order valence-corrected chi connectivity index (χ4v) is 4.07. The SMILES string of the molecule is CO.[Cl-].[Cl-].[Cl-].[Ni+3].c1ccc(CNC2CC(NCc3ccccn3)CC(NCc3ccccn3)C2)nc1. The summed E-state index contributed by atoms with van der Waals surface area (Å²) in [5.74, 6) is 0. The van der Waals surface area contributed by atoms with E-state index in [0.717, 1.165) is 63.1 Å². The molecule has 0 aliphatic heterocycles. The summed E-state index contributed by atoms with van der Waals surface area (Å²) in [5, 5.41) is 18.2. The van der Waals surface area contributed by atoms with Gasteiger partial charge in [-0.25, -0.2) is 0 Å². The second-order valence-electron chi connectivity index (χ2n) is 7.90. The zero-order chi connectivity index (χ0) is 22.4. The van der Waals surface area contributed by atoms with Gasteiger partial charge in [-0.1, -0.05) is 18.2 Å². The molecular weight excluding hydrogens is 565 g/mol. The number of pyridine rings is 3. The number of aromatic nitrogens is 3. The van der Waals surface area contributed by atoms with Gasteiger partial charge in [-0.2, -0.15) is 0 Å². The maximum Gasteiger partial charge on any atom is 3.00 e. The predicted molar refractivity (Wildman–Crippen MR) is 127 cm³/mol. The Morgan fingerprint density at radius 3 is 1.08 bits per heavy atom. The molecule has 7 nitrogen and oxygen atoms in total. The van der Waals surface area contributed by atoms with E-state index in [2.05, 4.69) is 49.1 Å². The van der Waals surface area contributed by atoms with Crippen molar-refractivity contribution in [2.45, 2.75) is 57.0 Å². The summed E-state index contributed by atoms with van der Waals surface area (Å²) in [6.07, 6.45) is 8.86. The molecule has 11 heteroatoms. The maximum atomic E-state index is 7.00. The molecule has 3 aromatic heterocycles. The molecule has 0 bridgehead atoms. The van der Waals surface area contributed by atoms with Crippen molar-refractivity contribution in [3.05, 3.63) is 90.3 Å². The van der Waals surface area contributed by atoms with Gasteiger partial charge in [-0.05, 0) is 55.7 Å². The first-order valence-corrected chi connectivity index (χ1v) is 11.2. The molecule has 0 amide bonds. The van der Waals surface area contributed by atoms with E-state index in [-0.39, 0.29) is 53.7 Å². The first-order chi connectivity index (χ1) is 15.8. The zero-order valence-electron chi connectivity index (χ0n) is 20.1. The number of hydrogen-bond donors (Lipinski definition) is 4. The molecule has 0 atom stereocenters. The number of aliphatic hydroxyl groups is 1. The summed E-state index contributed by atoms with van der Waals surface area (Å²) in [6, 6.07) is 19.5. The van der Waals surface area contributed by atoms with Crippen LogP contribution in [0.15, 0.2) is 73.2 Å². The Morgan fingerprint density at radius 2 is 0.861 bits per heavy atom. The standard InChI is InChI=1S/C24H30N6.CH4O.3ClH.Ni/c1-4-10-25-19(7-1)16-28-22-13-23(29-17-20-8-2-5-11-26-20)15-24(14-22)30-18-21-9-3-6-12-27-21;1-2;;;;/h1-12,22-24,28-30H,13-18H2;2H,1H3;3*1H;/q;;;;;+3/p-3. The van der Waals surface area contributed by atoms with Crippen LogP contribution in [0.3, 0.4) is 0 Å². The van der Waals surface area contributed by atoms with Crippen LogP contribution in [0.5, 0.6) is 0 Å². The monoisotopic (exact) mass is 597 g/mol. The summed E-state index contributed by atoms with van der Waals surface area (Å²) in [4.78, 5) is 13.3. The van der Waals surface area contributed by atoms with E-state index in [9.17, 15) is 0 Å². The Balaban J connectivity index is 0. The van der Waals surface area contributed by atoms with Crippen molar-refractivity contribution in [2.24, 2.45) is 0 Å². The molecule has 4 N–H and O–H groups in total. The molecule has 3 aromatic rings. The average molecular weight is 600 g/mol. The molecule has 1 radical (unpaired) electrons. The first kappa shape index (κ1) is 36.8. The zero-order valence-corrected chi connectivity index (χ0v) is 23.4. The molecule has 4 rings (SSSR count). The van der Waals surface area contributed by atoms with Gasteiger partial charge in [0.05, 0.1) is 17.1 Å². The van der Waals surface area contributed by atoms with Crippen LogP contribution < -0.4 is 53.2 Å². The third-order valence-electron chi connectivity index (χ3n) is 5.60. The summed E-state index contributed by atoms with van der Waals surface area (Å²) in [7, 11) is 1.00. The normalized spacial score (nSPS) is 18.0. The minimum Gasteiger partial charge on any atom is -1.00 e. The number of nitrogens with zero attached hydrogens (tertiary/aromatic N) is 3. The van der Waals surface area contributed by atoms with Gasteiger partial charge in [-0.3, -0.25) is 15.0 Å². The Hall–Kier alpha value is -1.35. The van der Waals surface area contributed by atoms with Crippen molar-refractivity contribution < 1.29 is 58.8 Å². The molecule has 1 saturated carbocycles. The third kappa shape index (κ3) is 13.3. The number of rotatable bonds is 9. The summed E-state index contributed by atoms with van der Waals surface area (Å²) in [6.45, 7) is 2.39. The van der Waals surface area contributed by atoms with E-state index in [1.54, 1.807) is 0 Å². The van der Waals surface area contributed by atoms with Crippen LogP contribution in [0.4, 0.5) is 0 Å². The van der Waals surface area contributed by atoms with Crippen molar-refractivity contribution in [2.75, 3.05) is 7.11 Å². The molecule has 0 saturated heterocycles. The van der Waals surface area contributed by atoms with E-state index in [1.165, 1.54) is 0 Å². The molecule has 36 heavy (non-hydrogen) atoms. The van der Waals surface area contributed by atoms with Crippen molar-refractivity contribution >= 4 is 0 Å². The minimum absolute atomic E-state index is 0.